The molecule has 2 aliphatic heterocycles. The Bertz CT molecular complexity index is 1130. The Balaban J connectivity index is 1.50. The van der Waals surface area contributed by atoms with Crippen LogP contribution in [0.4, 0.5) is 14.5 Å². The molecule has 2 unspecified atom stereocenters. The van der Waals surface area contributed by atoms with Crippen LogP contribution in [0.1, 0.15) is 47.6 Å². The molecule has 2 saturated heterocycles. The summed E-state index contributed by atoms with van der Waals surface area (Å²) in [5.41, 5.74) is 2.34. The zero-order chi connectivity index (χ0) is 21.5. The largest absolute Gasteiger partial charge is 0.394 e. The van der Waals surface area contributed by atoms with Crippen LogP contribution in [0.2, 0.25) is 0 Å². The molecule has 1 aromatic carbocycles. The number of nitrogens with zero attached hydrogens (tertiary/aromatic N) is 4. The van der Waals surface area contributed by atoms with E-state index in [2.05, 4.69) is 10.00 Å². The topological polar surface area (TPSA) is 61.1 Å². The van der Waals surface area contributed by atoms with E-state index >= 15 is 0 Å². The molecule has 3 aromatic rings. The molecule has 0 bridgehead atoms. The Labute approximate surface area is 178 Å². The van der Waals surface area contributed by atoms with Gasteiger partial charge in [0.15, 0.2) is 0 Å². The maximum absolute atomic E-state index is 14.4. The summed E-state index contributed by atoms with van der Waals surface area (Å²) < 4.78 is 29.9. The summed E-state index contributed by atoms with van der Waals surface area (Å²) in [6.07, 6.45) is 6.59. The summed E-state index contributed by atoms with van der Waals surface area (Å²) in [4.78, 5) is 16.9. The number of hydrogen-bond donors (Lipinski definition) is 1. The van der Waals surface area contributed by atoms with Gasteiger partial charge in [-0.3, -0.25) is 4.79 Å². The van der Waals surface area contributed by atoms with Crippen molar-refractivity contribution in [2.24, 2.45) is 0 Å². The number of hydrogen-bond acceptors (Lipinski definition) is 4. The zero-order valence-corrected chi connectivity index (χ0v) is 17.0. The minimum absolute atomic E-state index is 0.0507. The monoisotopic (exact) mass is 426 g/mol. The molecule has 1 N–H and O–H groups in total. The summed E-state index contributed by atoms with van der Waals surface area (Å²) in [6.45, 7) is 1.28. The highest BCUT2D eigenvalue weighted by molar-refractivity contribution is 6.01. The molecule has 1 amide bonds. The van der Waals surface area contributed by atoms with E-state index < -0.39 is 11.6 Å². The van der Waals surface area contributed by atoms with Gasteiger partial charge in [-0.15, -0.1) is 0 Å². The first kappa shape index (κ1) is 19.9. The summed E-state index contributed by atoms with van der Waals surface area (Å²) >= 11 is 0. The number of benzene rings is 1. The van der Waals surface area contributed by atoms with Crippen LogP contribution in [0.15, 0.2) is 42.7 Å². The van der Waals surface area contributed by atoms with Crippen molar-refractivity contribution in [1.82, 2.24) is 14.5 Å². The molecule has 0 saturated carbocycles. The number of halogens is 2. The lowest BCUT2D eigenvalue weighted by Crippen LogP contribution is -2.37. The van der Waals surface area contributed by atoms with Gasteiger partial charge < -0.3 is 14.9 Å². The van der Waals surface area contributed by atoms with Gasteiger partial charge in [-0.05, 0) is 56.0 Å². The molecule has 0 radical (unpaired) electrons. The first-order valence-corrected chi connectivity index (χ1v) is 10.7. The van der Waals surface area contributed by atoms with E-state index in [-0.39, 0.29) is 24.6 Å². The minimum atomic E-state index is -0.452. The first-order chi connectivity index (χ1) is 15.1. The third kappa shape index (κ3) is 3.44. The lowest BCUT2D eigenvalue weighted by atomic mass is 10.0. The van der Waals surface area contributed by atoms with E-state index in [4.69, 9.17) is 0 Å². The van der Waals surface area contributed by atoms with Crippen LogP contribution in [0, 0.1) is 11.6 Å². The molecular weight excluding hydrogens is 402 g/mol. The number of aliphatic hydroxyl groups excluding tert-OH is 1. The molecule has 31 heavy (non-hydrogen) atoms. The lowest BCUT2D eigenvalue weighted by molar-refractivity contribution is 0.0679. The van der Waals surface area contributed by atoms with Crippen molar-refractivity contribution in [2.75, 3.05) is 24.6 Å². The van der Waals surface area contributed by atoms with Crippen LogP contribution in [0.3, 0.4) is 0 Å². The predicted octanol–water partition coefficient (Wildman–Crippen LogP) is 3.55. The van der Waals surface area contributed by atoms with Crippen LogP contribution in [-0.2, 0) is 0 Å². The highest BCUT2D eigenvalue weighted by Crippen LogP contribution is 2.38. The number of amides is 1. The number of aromatic nitrogens is 2. The van der Waals surface area contributed by atoms with Gasteiger partial charge in [0, 0.05) is 30.5 Å². The van der Waals surface area contributed by atoms with E-state index in [0.29, 0.717) is 29.7 Å². The van der Waals surface area contributed by atoms with Gasteiger partial charge in [-0.25, -0.2) is 13.3 Å². The SMILES string of the molecule is O=C(c1cnn2ccc(N3CCCC3c3cc(F)ccc3F)cc12)N1CCCC1CO. The number of rotatable bonds is 4. The third-order valence-electron chi connectivity index (χ3n) is 6.49. The van der Waals surface area contributed by atoms with Crippen LogP contribution >= 0.6 is 0 Å². The highest BCUT2D eigenvalue weighted by Gasteiger charge is 2.32. The Morgan fingerprint density at radius 2 is 1.97 bits per heavy atom. The summed E-state index contributed by atoms with van der Waals surface area (Å²) in [5, 5.41) is 13.9. The third-order valence-corrected chi connectivity index (χ3v) is 6.49. The van der Waals surface area contributed by atoms with Gasteiger partial charge >= 0.3 is 0 Å². The predicted molar refractivity (Wildman–Crippen MR) is 112 cm³/mol. The Kier molecular flexibility index (Phi) is 5.09. The second-order valence-electron chi connectivity index (χ2n) is 8.27. The number of likely N-dealkylation sites (tertiary alicyclic amines) is 1. The van der Waals surface area contributed by atoms with E-state index in [0.717, 1.165) is 37.4 Å². The number of carbonyl (C=O) groups excluding carboxylic acids is 1. The fraction of sp³-hybridized carbons (Fsp3) is 0.391. The number of pyridine rings is 1. The summed E-state index contributed by atoms with van der Waals surface area (Å²) in [6, 6.07) is 6.92. The van der Waals surface area contributed by atoms with Crippen molar-refractivity contribution in [3.05, 3.63) is 65.5 Å². The van der Waals surface area contributed by atoms with Gasteiger partial charge in [-0.2, -0.15) is 5.10 Å². The van der Waals surface area contributed by atoms with Crippen molar-refractivity contribution in [3.63, 3.8) is 0 Å². The average molecular weight is 426 g/mol. The van der Waals surface area contributed by atoms with Gasteiger partial charge in [0.2, 0.25) is 0 Å². The quantitative estimate of drug-likeness (QED) is 0.693. The number of carbonyl (C=O) groups is 1. The molecule has 5 rings (SSSR count). The van der Waals surface area contributed by atoms with Gasteiger partial charge in [0.05, 0.1) is 36.0 Å². The van der Waals surface area contributed by atoms with Crippen molar-refractivity contribution in [3.8, 4) is 0 Å². The van der Waals surface area contributed by atoms with E-state index in [1.54, 1.807) is 21.8 Å². The molecule has 162 valence electrons. The molecular formula is C23H24F2N4O2. The van der Waals surface area contributed by atoms with E-state index in [1.807, 2.05) is 12.1 Å². The number of aliphatic hydroxyl groups is 1. The van der Waals surface area contributed by atoms with Gasteiger partial charge in [0.25, 0.3) is 5.91 Å². The van der Waals surface area contributed by atoms with Crippen LogP contribution in [0.25, 0.3) is 5.52 Å². The first-order valence-electron chi connectivity index (χ1n) is 10.7. The van der Waals surface area contributed by atoms with Crippen LogP contribution in [-0.4, -0.2) is 51.3 Å². The second-order valence-corrected chi connectivity index (χ2v) is 8.27. The van der Waals surface area contributed by atoms with E-state index in [9.17, 15) is 18.7 Å². The lowest BCUT2D eigenvalue weighted by Gasteiger charge is -2.28. The second kappa shape index (κ2) is 7.92. The fourth-order valence-electron chi connectivity index (χ4n) is 4.93. The Hall–Kier alpha value is -3.00. The fourth-order valence-corrected chi connectivity index (χ4v) is 4.93. The molecule has 2 aromatic heterocycles. The minimum Gasteiger partial charge on any atom is -0.394 e. The Morgan fingerprint density at radius 3 is 2.81 bits per heavy atom. The van der Waals surface area contributed by atoms with Gasteiger partial charge in [-0.1, -0.05) is 0 Å². The molecule has 0 aliphatic carbocycles. The van der Waals surface area contributed by atoms with Crippen LogP contribution in [0.5, 0.6) is 0 Å². The summed E-state index contributed by atoms with van der Waals surface area (Å²) in [7, 11) is 0. The maximum atomic E-state index is 14.4. The van der Waals surface area contributed by atoms with Crippen LogP contribution < -0.4 is 4.90 Å². The highest BCUT2D eigenvalue weighted by atomic mass is 19.1. The van der Waals surface area contributed by atoms with Gasteiger partial charge in [0.1, 0.15) is 11.6 Å². The standard InChI is InChI=1S/C23H24F2N4O2/c24-15-5-6-20(25)18(11-15)21-4-2-8-27(21)16-7-10-29-22(12-16)19(13-26-29)23(31)28-9-1-3-17(28)14-30/h5-7,10-13,17,21,30H,1-4,8-9,14H2. The molecule has 2 aliphatic rings. The zero-order valence-electron chi connectivity index (χ0n) is 17.0. The molecule has 2 fully saturated rings. The molecule has 0 spiro atoms. The smallest absolute Gasteiger partial charge is 0.258 e. The molecule has 8 heteroatoms. The number of anilines is 1. The Morgan fingerprint density at radius 1 is 1.13 bits per heavy atom. The molecule has 4 heterocycles. The average Bonchev–Trinajstić information content (AvgIpc) is 3.53. The van der Waals surface area contributed by atoms with Crippen molar-refractivity contribution >= 4 is 17.1 Å². The molecule has 2 atom stereocenters. The van der Waals surface area contributed by atoms with Crippen molar-refractivity contribution in [1.29, 1.82) is 0 Å². The van der Waals surface area contributed by atoms with Crippen molar-refractivity contribution < 1.29 is 18.7 Å². The normalized spacial score (nSPS) is 21.4. The maximum Gasteiger partial charge on any atom is 0.258 e. The number of fused-ring (bicyclic) bond motifs is 1. The van der Waals surface area contributed by atoms with Crippen molar-refractivity contribution in [2.45, 2.75) is 37.8 Å². The molecule has 6 nitrogen and oxygen atoms in total. The summed E-state index contributed by atoms with van der Waals surface area (Å²) in [5.74, 6) is -1.01. The van der Waals surface area contributed by atoms with E-state index in [1.165, 1.54) is 12.1 Å².